The van der Waals surface area contributed by atoms with E-state index in [1.807, 2.05) is 35.0 Å². The van der Waals surface area contributed by atoms with Gasteiger partial charge >= 0.3 is 0 Å². The van der Waals surface area contributed by atoms with E-state index in [1.165, 1.54) is 5.56 Å². The van der Waals surface area contributed by atoms with Crippen molar-refractivity contribution < 1.29 is 4.79 Å². The number of ketones is 1. The molecule has 2 aromatic rings. The number of aryl methyl sites for hydroxylation is 1. The maximum Gasteiger partial charge on any atom is 0.228 e. The van der Waals surface area contributed by atoms with Crippen LogP contribution in [0.15, 0.2) is 36.7 Å². The molecule has 0 saturated heterocycles. The summed E-state index contributed by atoms with van der Waals surface area (Å²) in [6.45, 7) is 9.40. The van der Waals surface area contributed by atoms with E-state index in [-0.39, 0.29) is 11.2 Å². The van der Waals surface area contributed by atoms with Crippen molar-refractivity contribution in [3.63, 3.8) is 0 Å². The van der Waals surface area contributed by atoms with Crippen LogP contribution >= 0.6 is 0 Å². The second kappa shape index (κ2) is 5.61. The van der Waals surface area contributed by atoms with Crippen LogP contribution in [0.1, 0.15) is 55.9 Å². The highest BCUT2D eigenvalue weighted by Gasteiger charge is 2.17. The van der Waals surface area contributed by atoms with Gasteiger partial charge in [-0.1, -0.05) is 52.0 Å². The van der Waals surface area contributed by atoms with Crippen molar-refractivity contribution in [1.82, 2.24) is 9.55 Å². The number of nitrogens with zero attached hydrogens (tertiary/aromatic N) is 2. The van der Waals surface area contributed by atoms with E-state index in [4.69, 9.17) is 0 Å². The fraction of sp³-hybridized carbons (Fsp3) is 0.412. The van der Waals surface area contributed by atoms with Crippen molar-refractivity contribution in [2.75, 3.05) is 0 Å². The number of benzene rings is 1. The van der Waals surface area contributed by atoms with Gasteiger partial charge in [0, 0.05) is 24.5 Å². The Balaban J connectivity index is 2.27. The summed E-state index contributed by atoms with van der Waals surface area (Å²) in [4.78, 5) is 16.7. The molecule has 0 aliphatic heterocycles. The Labute approximate surface area is 120 Å². The van der Waals surface area contributed by atoms with Crippen LogP contribution in [0.4, 0.5) is 0 Å². The standard InChI is InChI=1S/C17H22N2O/c1-5-11-19-12-10-18-16(19)15(20)13-6-8-14(9-7-13)17(2,3)4/h6-10,12H,5,11H2,1-4H3. The van der Waals surface area contributed by atoms with Crippen LogP contribution in [-0.4, -0.2) is 15.3 Å². The third-order valence-corrected chi connectivity index (χ3v) is 3.40. The predicted molar refractivity (Wildman–Crippen MR) is 81.1 cm³/mol. The summed E-state index contributed by atoms with van der Waals surface area (Å²) in [5.74, 6) is 0.513. The highest BCUT2D eigenvalue weighted by Crippen LogP contribution is 2.22. The molecule has 20 heavy (non-hydrogen) atoms. The Morgan fingerprint density at radius 3 is 2.40 bits per heavy atom. The molecule has 3 nitrogen and oxygen atoms in total. The molecule has 2 rings (SSSR count). The summed E-state index contributed by atoms with van der Waals surface area (Å²) in [5.41, 5.74) is 2.02. The molecule has 0 fully saturated rings. The van der Waals surface area contributed by atoms with Gasteiger partial charge in [0.05, 0.1) is 0 Å². The van der Waals surface area contributed by atoms with E-state index < -0.39 is 0 Å². The predicted octanol–water partition coefficient (Wildman–Crippen LogP) is 3.82. The average Bonchev–Trinajstić information content (AvgIpc) is 2.86. The zero-order chi connectivity index (χ0) is 14.8. The zero-order valence-corrected chi connectivity index (χ0v) is 12.7. The Hall–Kier alpha value is -1.90. The van der Waals surface area contributed by atoms with Crippen LogP contribution in [0.25, 0.3) is 0 Å². The van der Waals surface area contributed by atoms with Gasteiger partial charge < -0.3 is 4.57 Å². The second-order valence-corrected chi connectivity index (χ2v) is 6.10. The molecule has 0 bridgehead atoms. The Morgan fingerprint density at radius 1 is 1.20 bits per heavy atom. The molecule has 0 aliphatic carbocycles. The maximum absolute atomic E-state index is 12.5. The van der Waals surface area contributed by atoms with Crippen molar-refractivity contribution >= 4 is 5.78 Å². The number of rotatable bonds is 4. The Morgan fingerprint density at radius 2 is 1.85 bits per heavy atom. The molecule has 0 N–H and O–H groups in total. The van der Waals surface area contributed by atoms with Gasteiger partial charge in [0.2, 0.25) is 5.78 Å². The zero-order valence-electron chi connectivity index (χ0n) is 12.7. The summed E-state index contributed by atoms with van der Waals surface area (Å²) in [6.07, 6.45) is 4.53. The molecule has 0 unspecified atom stereocenters. The van der Waals surface area contributed by atoms with Gasteiger partial charge in [-0.15, -0.1) is 0 Å². The van der Waals surface area contributed by atoms with Crippen LogP contribution in [-0.2, 0) is 12.0 Å². The number of carbonyl (C=O) groups excluding carboxylic acids is 1. The molecule has 0 radical (unpaired) electrons. The van der Waals surface area contributed by atoms with Gasteiger partial charge in [-0.3, -0.25) is 4.79 Å². The summed E-state index contributed by atoms with van der Waals surface area (Å²) < 4.78 is 1.92. The van der Waals surface area contributed by atoms with Crippen molar-refractivity contribution in [3.8, 4) is 0 Å². The molecule has 1 aromatic carbocycles. The number of imidazole rings is 1. The van der Waals surface area contributed by atoms with E-state index in [0.717, 1.165) is 13.0 Å². The minimum absolute atomic E-state index is 0.0103. The summed E-state index contributed by atoms with van der Waals surface area (Å²) >= 11 is 0. The molecular formula is C17H22N2O. The van der Waals surface area contributed by atoms with Crippen LogP contribution in [0.3, 0.4) is 0 Å². The van der Waals surface area contributed by atoms with Crippen LogP contribution in [0.2, 0.25) is 0 Å². The molecule has 0 spiro atoms. The fourth-order valence-electron chi connectivity index (χ4n) is 2.19. The molecule has 0 atom stereocenters. The first-order chi connectivity index (χ1) is 9.43. The van der Waals surface area contributed by atoms with E-state index in [2.05, 4.69) is 32.7 Å². The number of aromatic nitrogens is 2. The minimum Gasteiger partial charge on any atom is -0.328 e. The van der Waals surface area contributed by atoms with Gasteiger partial charge in [-0.05, 0) is 17.4 Å². The SMILES string of the molecule is CCCn1ccnc1C(=O)c1ccc(C(C)(C)C)cc1. The molecule has 0 saturated carbocycles. The molecule has 0 aliphatic rings. The lowest BCUT2D eigenvalue weighted by Crippen LogP contribution is -2.13. The van der Waals surface area contributed by atoms with E-state index >= 15 is 0 Å². The topological polar surface area (TPSA) is 34.9 Å². The van der Waals surface area contributed by atoms with Gasteiger partial charge in [0.15, 0.2) is 5.82 Å². The lowest BCUT2D eigenvalue weighted by Gasteiger charge is -2.19. The van der Waals surface area contributed by atoms with Crippen LogP contribution in [0.5, 0.6) is 0 Å². The van der Waals surface area contributed by atoms with E-state index in [1.54, 1.807) is 6.20 Å². The maximum atomic E-state index is 12.5. The fourth-order valence-corrected chi connectivity index (χ4v) is 2.19. The monoisotopic (exact) mass is 270 g/mol. The molecular weight excluding hydrogens is 248 g/mol. The largest absolute Gasteiger partial charge is 0.328 e. The lowest BCUT2D eigenvalue weighted by molar-refractivity contribution is 0.102. The van der Waals surface area contributed by atoms with Gasteiger partial charge in [0.25, 0.3) is 0 Å². The van der Waals surface area contributed by atoms with Crippen LogP contribution in [0, 0.1) is 0 Å². The van der Waals surface area contributed by atoms with Crippen LogP contribution < -0.4 is 0 Å². The summed E-state index contributed by atoms with van der Waals surface area (Å²) in [6, 6.07) is 7.85. The lowest BCUT2D eigenvalue weighted by atomic mass is 9.86. The Kier molecular flexibility index (Phi) is 4.07. The first-order valence-electron chi connectivity index (χ1n) is 7.10. The number of hydrogen-bond acceptors (Lipinski definition) is 2. The summed E-state index contributed by atoms with van der Waals surface area (Å²) in [7, 11) is 0. The number of hydrogen-bond donors (Lipinski definition) is 0. The highest BCUT2D eigenvalue weighted by molar-refractivity contribution is 6.06. The first-order valence-corrected chi connectivity index (χ1v) is 7.10. The third-order valence-electron chi connectivity index (χ3n) is 3.40. The molecule has 3 heteroatoms. The quantitative estimate of drug-likeness (QED) is 0.792. The van der Waals surface area contributed by atoms with Gasteiger partial charge in [-0.2, -0.15) is 0 Å². The van der Waals surface area contributed by atoms with Gasteiger partial charge in [0.1, 0.15) is 0 Å². The summed E-state index contributed by atoms with van der Waals surface area (Å²) in [5, 5.41) is 0. The normalized spacial score (nSPS) is 11.6. The second-order valence-electron chi connectivity index (χ2n) is 6.10. The Bertz CT molecular complexity index is 588. The van der Waals surface area contributed by atoms with Gasteiger partial charge in [-0.25, -0.2) is 4.98 Å². The van der Waals surface area contributed by atoms with Crippen molar-refractivity contribution in [1.29, 1.82) is 0 Å². The van der Waals surface area contributed by atoms with Crippen molar-refractivity contribution in [2.24, 2.45) is 0 Å². The first kappa shape index (κ1) is 14.5. The third kappa shape index (κ3) is 2.98. The number of carbonyl (C=O) groups is 1. The smallest absolute Gasteiger partial charge is 0.228 e. The van der Waals surface area contributed by atoms with Crippen molar-refractivity contribution in [3.05, 3.63) is 53.6 Å². The highest BCUT2D eigenvalue weighted by atomic mass is 16.1. The van der Waals surface area contributed by atoms with Crippen molar-refractivity contribution in [2.45, 2.75) is 46.1 Å². The average molecular weight is 270 g/mol. The minimum atomic E-state index is -0.0103. The molecule has 1 heterocycles. The molecule has 106 valence electrons. The molecule has 1 aromatic heterocycles. The van der Waals surface area contributed by atoms with E-state index in [9.17, 15) is 4.79 Å². The molecule has 0 amide bonds. The van der Waals surface area contributed by atoms with E-state index in [0.29, 0.717) is 11.4 Å².